The molecule has 0 spiro atoms. The highest BCUT2D eigenvalue weighted by molar-refractivity contribution is 5.94. The molecule has 19 heavy (non-hydrogen) atoms. The molecule has 2 rings (SSSR count). The standard InChI is InChI=1S/C15H19N3O/c1-2-12(16)9-10-17-15(19)14-8-7-11-5-3-4-6-13(11)18-14/h3-8,12H,2,9-10,16H2,1H3,(H,17,19). The van der Waals surface area contributed by atoms with E-state index in [1.807, 2.05) is 37.3 Å². The number of pyridine rings is 1. The Morgan fingerprint density at radius 2 is 2.11 bits per heavy atom. The van der Waals surface area contributed by atoms with Gasteiger partial charge in [-0.1, -0.05) is 31.2 Å². The lowest BCUT2D eigenvalue weighted by atomic mass is 10.1. The van der Waals surface area contributed by atoms with Crippen LogP contribution >= 0.6 is 0 Å². The van der Waals surface area contributed by atoms with E-state index in [-0.39, 0.29) is 11.9 Å². The molecule has 0 aliphatic rings. The second kappa shape index (κ2) is 6.29. The van der Waals surface area contributed by atoms with Gasteiger partial charge in [0.1, 0.15) is 5.69 Å². The molecule has 2 aromatic rings. The largest absolute Gasteiger partial charge is 0.351 e. The molecule has 1 atom stereocenters. The third-order valence-electron chi connectivity index (χ3n) is 3.16. The van der Waals surface area contributed by atoms with E-state index < -0.39 is 0 Å². The van der Waals surface area contributed by atoms with Gasteiger partial charge in [-0.3, -0.25) is 4.79 Å². The van der Waals surface area contributed by atoms with Crippen molar-refractivity contribution >= 4 is 16.8 Å². The molecule has 0 aliphatic heterocycles. The predicted octanol–water partition coefficient (Wildman–Crippen LogP) is 2.09. The first-order valence-electron chi connectivity index (χ1n) is 6.60. The van der Waals surface area contributed by atoms with Crippen LogP contribution in [0, 0.1) is 0 Å². The number of fused-ring (bicyclic) bond motifs is 1. The van der Waals surface area contributed by atoms with Crippen molar-refractivity contribution in [2.24, 2.45) is 5.73 Å². The van der Waals surface area contributed by atoms with Gasteiger partial charge in [0.15, 0.2) is 0 Å². The summed E-state index contributed by atoms with van der Waals surface area (Å²) in [5.74, 6) is -0.144. The summed E-state index contributed by atoms with van der Waals surface area (Å²) in [6.07, 6.45) is 1.71. The van der Waals surface area contributed by atoms with Crippen molar-refractivity contribution in [1.82, 2.24) is 10.3 Å². The quantitative estimate of drug-likeness (QED) is 0.861. The van der Waals surface area contributed by atoms with Crippen LogP contribution in [0.3, 0.4) is 0 Å². The fourth-order valence-corrected chi connectivity index (χ4v) is 1.86. The third kappa shape index (κ3) is 3.51. The average molecular weight is 257 g/mol. The summed E-state index contributed by atoms with van der Waals surface area (Å²) in [6, 6.07) is 11.5. The maximum atomic E-state index is 11.9. The molecule has 4 nitrogen and oxygen atoms in total. The maximum absolute atomic E-state index is 11.9. The SMILES string of the molecule is CCC(N)CCNC(=O)c1ccc2ccccc2n1. The molecule has 1 unspecified atom stereocenters. The van der Waals surface area contributed by atoms with Crippen LogP contribution in [0.2, 0.25) is 0 Å². The zero-order valence-electron chi connectivity index (χ0n) is 11.1. The summed E-state index contributed by atoms with van der Waals surface area (Å²) in [7, 11) is 0. The smallest absolute Gasteiger partial charge is 0.269 e. The Balaban J connectivity index is 2.01. The lowest BCUT2D eigenvalue weighted by Crippen LogP contribution is -2.30. The molecule has 0 saturated heterocycles. The summed E-state index contributed by atoms with van der Waals surface area (Å²) in [6.45, 7) is 2.62. The van der Waals surface area contributed by atoms with E-state index in [2.05, 4.69) is 10.3 Å². The highest BCUT2D eigenvalue weighted by atomic mass is 16.1. The van der Waals surface area contributed by atoms with Gasteiger partial charge in [-0.2, -0.15) is 0 Å². The predicted molar refractivity (Wildman–Crippen MR) is 77.0 cm³/mol. The number of hydrogen-bond acceptors (Lipinski definition) is 3. The minimum Gasteiger partial charge on any atom is -0.351 e. The van der Waals surface area contributed by atoms with Gasteiger partial charge in [0.25, 0.3) is 5.91 Å². The maximum Gasteiger partial charge on any atom is 0.269 e. The molecular weight excluding hydrogens is 238 g/mol. The molecule has 1 amide bonds. The number of nitrogens with zero attached hydrogens (tertiary/aromatic N) is 1. The molecule has 0 saturated carbocycles. The number of nitrogens with two attached hydrogens (primary N) is 1. The molecule has 0 radical (unpaired) electrons. The monoisotopic (exact) mass is 257 g/mol. The fraction of sp³-hybridized carbons (Fsp3) is 0.333. The van der Waals surface area contributed by atoms with E-state index in [0.29, 0.717) is 12.2 Å². The van der Waals surface area contributed by atoms with Crippen LogP contribution in [0.15, 0.2) is 36.4 Å². The van der Waals surface area contributed by atoms with E-state index >= 15 is 0 Å². The number of amides is 1. The van der Waals surface area contributed by atoms with Gasteiger partial charge in [0.2, 0.25) is 0 Å². The fourth-order valence-electron chi connectivity index (χ4n) is 1.86. The van der Waals surface area contributed by atoms with E-state index in [1.54, 1.807) is 6.07 Å². The normalized spacial score (nSPS) is 12.3. The second-order valence-electron chi connectivity index (χ2n) is 4.60. The molecule has 1 aromatic carbocycles. The molecule has 0 fully saturated rings. The van der Waals surface area contributed by atoms with E-state index in [4.69, 9.17) is 5.73 Å². The first-order valence-corrected chi connectivity index (χ1v) is 6.60. The zero-order chi connectivity index (χ0) is 13.7. The number of rotatable bonds is 5. The van der Waals surface area contributed by atoms with Gasteiger partial charge in [0, 0.05) is 18.0 Å². The Hall–Kier alpha value is -1.94. The van der Waals surface area contributed by atoms with E-state index in [9.17, 15) is 4.79 Å². The summed E-state index contributed by atoms with van der Waals surface area (Å²) in [5.41, 5.74) is 7.09. The van der Waals surface area contributed by atoms with Crippen molar-refractivity contribution < 1.29 is 4.79 Å². The molecule has 3 N–H and O–H groups in total. The first kappa shape index (κ1) is 13.5. The van der Waals surface area contributed by atoms with Crippen LogP contribution in [-0.2, 0) is 0 Å². The summed E-state index contributed by atoms with van der Waals surface area (Å²) in [5, 5.41) is 3.88. The van der Waals surface area contributed by atoms with Gasteiger partial charge < -0.3 is 11.1 Å². The lowest BCUT2D eigenvalue weighted by Gasteiger charge is -2.09. The minimum absolute atomic E-state index is 0.143. The van der Waals surface area contributed by atoms with Crippen LogP contribution < -0.4 is 11.1 Å². The van der Waals surface area contributed by atoms with Crippen LogP contribution in [0.1, 0.15) is 30.3 Å². The van der Waals surface area contributed by atoms with Gasteiger partial charge in [-0.05, 0) is 25.0 Å². The Bertz CT molecular complexity index is 568. The number of carbonyl (C=O) groups is 1. The molecule has 0 bridgehead atoms. The van der Waals surface area contributed by atoms with Crippen LogP contribution in [0.4, 0.5) is 0 Å². The summed E-state index contributed by atoms with van der Waals surface area (Å²) in [4.78, 5) is 16.3. The second-order valence-corrected chi connectivity index (χ2v) is 4.60. The van der Waals surface area contributed by atoms with Crippen molar-refractivity contribution in [3.05, 3.63) is 42.1 Å². The lowest BCUT2D eigenvalue weighted by molar-refractivity contribution is 0.0948. The molecule has 1 aromatic heterocycles. The highest BCUT2D eigenvalue weighted by Crippen LogP contribution is 2.11. The number of nitrogens with one attached hydrogen (secondary N) is 1. The van der Waals surface area contributed by atoms with Gasteiger partial charge in [-0.25, -0.2) is 4.98 Å². The Morgan fingerprint density at radius 1 is 1.32 bits per heavy atom. The van der Waals surface area contributed by atoms with Gasteiger partial charge in [-0.15, -0.1) is 0 Å². The number of hydrogen-bond donors (Lipinski definition) is 2. The van der Waals surface area contributed by atoms with Crippen molar-refractivity contribution in [2.45, 2.75) is 25.8 Å². The van der Waals surface area contributed by atoms with Crippen molar-refractivity contribution in [3.63, 3.8) is 0 Å². The molecule has 100 valence electrons. The van der Waals surface area contributed by atoms with Crippen molar-refractivity contribution in [1.29, 1.82) is 0 Å². The topological polar surface area (TPSA) is 68.0 Å². The van der Waals surface area contributed by atoms with Crippen LogP contribution in [0.5, 0.6) is 0 Å². The highest BCUT2D eigenvalue weighted by Gasteiger charge is 2.08. The van der Waals surface area contributed by atoms with Gasteiger partial charge in [0.05, 0.1) is 5.52 Å². The molecule has 4 heteroatoms. The number of aromatic nitrogens is 1. The first-order chi connectivity index (χ1) is 9.20. The molecule has 1 heterocycles. The van der Waals surface area contributed by atoms with Crippen LogP contribution in [-0.4, -0.2) is 23.5 Å². The zero-order valence-corrected chi connectivity index (χ0v) is 11.1. The Morgan fingerprint density at radius 3 is 2.89 bits per heavy atom. The minimum atomic E-state index is -0.144. The molecular formula is C15H19N3O. The van der Waals surface area contributed by atoms with E-state index in [1.165, 1.54) is 0 Å². The Labute approximate surface area is 113 Å². The molecule has 0 aliphatic carbocycles. The number of para-hydroxylation sites is 1. The third-order valence-corrected chi connectivity index (χ3v) is 3.16. The Kier molecular flexibility index (Phi) is 4.47. The number of benzene rings is 1. The summed E-state index contributed by atoms with van der Waals surface area (Å²) >= 11 is 0. The average Bonchev–Trinajstić information content (AvgIpc) is 2.46. The van der Waals surface area contributed by atoms with Gasteiger partial charge >= 0.3 is 0 Å². The van der Waals surface area contributed by atoms with E-state index in [0.717, 1.165) is 23.7 Å². The van der Waals surface area contributed by atoms with Crippen molar-refractivity contribution in [2.75, 3.05) is 6.54 Å². The van der Waals surface area contributed by atoms with Crippen LogP contribution in [0.25, 0.3) is 10.9 Å². The van der Waals surface area contributed by atoms with Crippen molar-refractivity contribution in [3.8, 4) is 0 Å². The number of carbonyl (C=O) groups excluding carboxylic acids is 1. The summed E-state index contributed by atoms with van der Waals surface area (Å²) < 4.78 is 0.